The predicted octanol–water partition coefficient (Wildman–Crippen LogP) is 0.870. The fourth-order valence-electron chi connectivity index (χ4n) is 1.54. The minimum Gasteiger partial charge on any atom is -0.478 e. The summed E-state index contributed by atoms with van der Waals surface area (Å²) in [4.78, 5) is 22.0. The summed E-state index contributed by atoms with van der Waals surface area (Å²) in [6.07, 6.45) is -0.00541. The Kier molecular flexibility index (Phi) is 5.87. The fraction of sp³-hybridized carbons (Fsp3) is 0.333. The van der Waals surface area contributed by atoms with Crippen LogP contribution in [0.15, 0.2) is 21.5 Å². The highest BCUT2D eigenvalue weighted by atomic mass is 79.9. The van der Waals surface area contributed by atoms with Crippen molar-refractivity contribution < 1.29 is 23.1 Å². The first-order valence-corrected chi connectivity index (χ1v) is 8.20. The van der Waals surface area contributed by atoms with Crippen molar-refractivity contribution in [3.63, 3.8) is 0 Å². The molecule has 1 aromatic rings. The van der Waals surface area contributed by atoms with E-state index < -0.39 is 16.0 Å². The molecule has 0 aliphatic heterocycles. The number of nitrogens with one attached hydrogen (secondary N) is 2. The van der Waals surface area contributed by atoms with Gasteiger partial charge in [0.1, 0.15) is 0 Å². The summed E-state index contributed by atoms with van der Waals surface area (Å²) in [7, 11) is -2.43. The molecule has 21 heavy (non-hydrogen) atoms. The average molecular weight is 379 g/mol. The van der Waals surface area contributed by atoms with E-state index in [0.717, 1.165) is 6.07 Å². The number of carboxylic acid groups (broad SMARTS) is 1. The van der Waals surface area contributed by atoms with Crippen LogP contribution in [0.25, 0.3) is 0 Å². The van der Waals surface area contributed by atoms with Crippen LogP contribution in [0.5, 0.6) is 0 Å². The van der Waals surface area contributed by atoms with Crippen LogP contribution in [0, 0.1) is 6.92 Å². The van der Waals surface area contributed by atoms with Gasteiger partial charge >= 0.3 is 5.97 Å². The van der Waals surface area contributed by atoms with E-state index in [9.17, 15) is 18.0 Å². The zero-order chi connectivity index (χ0) is 16.2. The summed E-state index contributed by atoms with van der Waals surface area (Å²) in [6, 6.07) is 2.41. The van der Waals surface area contributed by atoms with E-state index in [1.54, 1.807) is 6.92 Å². The largest absolute Gasteiger partial charge is 0.478 e. The topological polar surface area (TPSA) is 113 Å². The van der Waals surface area contributed by atoms with Crippen molar-refractivity contribution in [2.24, 2.45) is 0 Å². The van der Waals surface area contributed by atoms with Crippen molar-refractivity contribution in [1.82, 2.24) is 10.0 Å². The van der Waals surface area contributed by atoms with Gasteiger partial charge in [0.2, 0.25) is 15.9 Å². The van der Waals surface area contributed by atoms with Gasteiger partial charge in [0.15, 0.2) is 0 Å². The molecule has 0 heterocycles. The van der Waals surface area contributed by atoms with Crippen LogP contribution in [0.2, 0.25) is 0 Å². The van der Waals surface area contributed by atoms with Crippen molar-refractivity contribution in [3.8, 4) is 0 Å². The van der Waals surface area contributed by atoms with Gasteiger partial charge < -0.3 is 10.4 Å². The molecule has 116 valence electrons. The minimum absolute atomic E-state index is 0.00541. The molecule has 0 saturated heterocycles. The van der Waals surface area contributed by atoms with Gasteiger partial charge in [-0.15, -0.1) is 0 Å². The molecule has 1 rings (SSSR count). The van der Waals surface area contributed by atoms with Crippen LogP contribution in [0.3, 0.4) is 0 Å². The third kappa shape index (κ3) is 4.51. The number of amides is 1. The molecule has 0 atom stereocenters. The molecular weight excluding hydrogens is 364 g/mol. The summed E-state index contributed by atoms with van der Waals surface area (Å²) < 4.78 is 26.8. The Labute approximate surface area is 130 Å². The first-order chi connectivity index (χ1) is 9.69. The number of aromatic carboxylic acids is 1. The lowest BCUT2D eigenvalue weighted by Crippen LogP contribution is -2.29. The van der Waals surface area contributed by atoms with E-state index in [4.69, 9.17) is 5.11 Å². The van der Waals surface area contributed by atoms with Crippen molar-refractivity contribution in [1.29, 1.82) is 0 Å². The van der Waals surface area contributed by atoms with Gasteiger partial charge in [-0.3, -0.25) is 4.79 Å². The van der Waals surface area contributed by atoms with Crippen molar-refractivity contribution in [3.05, 3.63) is 27.7 Å². The second-order valence-electron chi connectivity index (χ2n) is 4.20. The van der Waals surface area contributed by atoms with Crippen LogP contribution in [0.4, 0.5) is 0 Å². The third-order valence-corrected chi connectivity index (χ3v) is 5.05. The second kappa shape index (κ2) is 7.01. The number of hydrogen-bond acceptors (Lipinski definition) is 4. The Morgan fingerprint density at radius 1 is 1.33 bits per heavy atom. The number of benzene rings is 1. The number of sulfonamides is 1. The first kappa shape index (κ1) is 17.6. The number of carbonyl (C=O) groups is 2. The molecule has 0 aromatic heterocycles. The predicted molar refractivity (Wildman–Crippen MR) is 79.7 cm³/mol. The molecule has 9 heteroatoms. The van der Waals surface area contributed by atoms with E-state index in [2.05, 4.69) is 26.0 Å². The molecule has 0 aliphatic rings. The lowest BCUT2D eigenvalue weighted by atomic mass is 10.1. The maximum absolute atomic E-state index is 12.1. The summed E-state index contributed by atoms with van der Waals surface area (Å²) in [5.74, 6) is -1.51. The normalized spacial score (nSPS) is 11.2. The second-order valence-corrected chi connectivity index (χ2v) is 6.83. The molecule has 0 saturated carbocycles. The lowest BCUT2D eigenvalue weighted by Gasteiger charge is -2.10. The van der Waals surface area contributed by atoms with Crippen molar-refractivity contribution >= 4 is 37.8 Å². The van der Waals surface area contributed by atoms with Gasteiger partial charge in [0.25, 0.3) is 0 Å². The van der Waals surface area contributed by atoms with E-state index in [0.29, 0.717) is 10.0 Å². The monoisotopic (exact) mass is 378 g/mol. The number of halogens is 1. The number of carboxylic acids is 1. The van der Waals surface area contributed by atoms with Gasteiger partial charge in [0.05, 0.1) is 10.5 Å². The van der Waals surface area contributed by atoms with E-state index in [-0.39, 0.29) is 29.3 Å². The van der Waals surface area contributed by atoms with Gasteiger partial charge in [-0.05, 0) is 24.6 Å². The molecule has 7 nitrogen and oxygen atoms in total. The molecule has 1 amide bonds. The maximum atomic E-state index is 12.1. The SMILES string of the molecule is CNC(=O)CCNS(=O)(=O)c1cc(Br)c(C)c(C(=O)O)c1. The Bertz CT molecular complexity index is 672. The van der Waals surface area contributed by atoms with E-state index in [1.165, 1.54) is 13.1 Å². The van der Waals surface area contributed by atoms with E-state index >= 15 is 0 Å². The molecule has 0 aliphatic carbocycles. The van der Waals surface area contributed by atoms with Gasteiger partial charge in [-0.1, -0.05) is 15.9 Å². The lowest BCUT2D eigenvalue weighted by molar-refractivity contribution is -0.120. The van der Waals surface area contributed by atoms with Crippen LogP contribution in [-0.2, 0) is 14.8 Å². The summed E-state index contributed by atoms with van der Waals surface area (Å²) in [6.45, 7) is 1.50. The Hall–Kier alpha value is -1.45. The summed E-state index contributed by atoms with van der Waals surface area (Å²) in [5.41, 5.74) is 0.336. The molecule has 0 bridgehead atoms. The Balaban J connectivity index is 3.04. The highest BCUT2D eigenvalue weighted by Gasteiger charge is 2.19. The molecule has 0 unspecified atom stereocenters. The van der Waals surface area contributed by atoms with Crippen LogP contribution < -0.4 is 10.0 Å². The summed E-state index contributed by atoms with van der Waals surface area (Å²) in [5, 5.41) is 11.4. The van der Waals surface area contributed by atoms with Gasteiger partial charge in [-0.25, -0.2) is 17.9 Å². The zero-order valence-corrected chi connectivity index (χ0v) is 13.8. The van der Waals surface area contributed by atoms with Crippen molar-refractivity contribution in [2.75, 3.05) is 13.6 Å². The summed E-state index contributed by atoms with van der Waals surface area (Å²) >= 11 is 3.14. The number of carbonyl (C=O) groups excluding carboxylic acids is 1. The molecule has 3 N–H and O–H groups in total. The van der Waals surface area contributed by atoms with E-state index in [1.807, 2.05) is 0 Å². The molecule has 0 spiro atoms. The zero-order valence-electron chi connectivity index (χ0n) is 11.4. The highest BCUT2D eigenvalue weighted by Crippen LogP contribution is 2.24. The third-order valence-electron chi connectivity index (χ3n) is 2.78. The molecule has 1 aromatic carbocycles. The van der Waals surface area contributed by atoms with Gasteiger partial charge in [-0.2, -0.15) is 0 Å². The van der Waals surface area contributed by atoms with Gasteiger partial charge in [0, 0.05) is 24.5 Å². The smallest absolute Gasteiger partial charge is 0.336 e. The number of rotatable bonds is 6. The highest BCUT2D eigenvalue weighted by molar-refractivity contribution is 9.10. The average Bonchev–Trinajstić information content (AvgIpc) is 2.40. The Morgan fingerprint density at radius 3 is 2.48 bits per heavy atom. The number of hydrogen-bond donors (Lipinski definition) is 3. The standard InChI is InChI=1S/C12H15BrN2O5S/c1-7-9(12(17)18)5-8(6-10(7)13)21(19,20)15-4-3-11(16)14-2/h5-6,15H,3-4H2,1-2H3,(H,14,16)(H,17,18). The minimum atomic E-state index is -3.88. The molecule has 0 radical (unpaired) electrons. The molecule has 0 fully saturated rings. The van der Waals surface area contributed by atoms with Crippen LogP contribution >= 0.6 is 15.9 Å². The van der Waals surface area contributed by atoms with Crippen LogP contribution in [0.1, 0.15) is 22.3 Å². The Morgan fingerprint density at radius 2 is 1.95 bits per heavy atom. The first-order valence-electron chi connectivity index (χ1n) is 5.92. The quantitative estimate of drug-likeness (QED) is 0.679. The molecular formula is C12H15BrN2O5S. The maximum Gasteiger partial charge on any atom is 0.336 e. The van der Waals surface area contributed by atoms with Crippen molar-refractivity contribution in [2.45, 2.75) is 18.2 Å². The fourth-order valence-corrected chi connectivity index (χ4v) is 3.23. The van der Waals surface area contributed by atoms with Crippen LogP contribution in [-0.4, -0.2) is 39.0 Å².